The molecule has 1 aliphatic rings. The maximum Gasteiger partial charge on any atom is 0.222 e. The Morgan fingerprint density at radius 3 is 3.11 bits per heavy atom. The fourth-order valence-electron chi connectivity index (χ4n) is 2.32. The second-order valence-electron chi connectivity index (χ2n) is 4.98. The molecule has 0 saturated carbocycles. The van der Waals surface area contributed by atoms with E-state index in [1.807, 2.05) is 6.20 Å². The van der Waals surface area contributed by atoms with E-state index in [1.165, 1.54) is 18.4 Å². The molecule has 2 rings (SSSR count). The van der Waals surface area contributed by atoms with Crippen molar-refractivity contribution in [1.29, 1.82) is 0 Å². The summed E-state index contributed by atoms with van der Waals surface area (Å²) in [5.41, 5.74) is 2.31. The molecule has 1 aliphatic heterocycles. The van der Waals surface area contributed by atoms with E-state index in [0.717, 1.165) is 50.2 Å². The lowest BCUT2D eigenvalue weighted by Crippen LogP contribution is -2.09. The molecule has 4 heteroatoms. The van der Waals surface area contributed by atoms with Gasteiger partial charge in [0.15, 0.2) is 0 Å². The highest BCUT2D eigenvalue weighted by molar-refractivity contribution is 5.28. The zero-order valence-electron chi connectivity index (χ0n) is 11.4. The van der Waals surface area contributed by atoms with E-state index in [2.05, 4.69) is 29.1 Å². The second kappa shape index (κ2) is 6.69. The third kappa shape index (κ3) is 3.67. The molecule has 0 spiro atoms. The van der Waals surface area contributed by atoms with Crippen molar-refractivity contribution in [3.8, 4) is 0 Å². The SMILES string of the molecule is CCc1nc(NCCC[C@H]2CCOC2)ncc1C. The third-order valence-electron chi connectivity index (χ3n) is 3.51. The van der Waals surface area contributed by atoms with E-state index < -0.39 is 0 Å². The van der Waals surface area contributed by atoms with Crippen molar-refractivity contribution >= 4 is 5.95 Å². The number of nitrogens with zero attached hydrogens (tertiary/aromatic N) is 2. The van der Waals surface area contributed by atoms with Crippen LogP contribution in [0.1, 0.15) is 37.4 Å². The van der Waals surface area contributed by atoms with Crippen molar-refractivity contribution in [1.82, 2.24) is 9.97 Å². The van der Waals surface area contributed by atoms with Gasteiger partial charge in [-0.3, -0.25) is 0 Å². The highest BCUT2D eigenvalue weighted by Gasteiger charge is 2.14. The van der Waals surface area contributed by atoms with Gasteiger partial charge < -0.3 is 10.1 Å². The number of aryl methyl sites for hydroxylation is 2. The Morgan fingerprint density at radius 2 is 2.39 bits per heavy atom. The molecular weight excluding hydrogens is 226 g/mol. The van der Waals surface area contributed by atoms with Crippen LogP contribution in [0, 0.1) is 12.8 Å². The lowest BCUT2D eigenvalue weighted by atomic mass is 10.0. The summed E-state index contributed by atoms with van der Waals surface area (Å²) in [6, 6.07) is 0. The molecule has 1 aromatic heterocycles. The van der Waals surface area contributed by atoms with Gasteiger partial charge in [0.05, 0.1) is 0 Å². The Bertz CT molecular complexity index is 375. The molecule has 0 bridgehead atoms. The Hall–Kier alpha value is -1.16. The first-order chi connectivity index (χ1) is 8.79. The maximum atomic E-state index is 5.37. The Balaban J connectivity index is 1.72. The van der Waals surface area contributed by atoms with Crippen molar-refractivity contribution in [3.63, 3.8) is 0 Å². The fraction of sp³-hybridized carbons (Fsp3) is 0.714. The van der Waals surface area contributed by atoms with Crippen LogP contribution in [0.15, 0.2) is 6.20 Å². The van der Waals surface area contributed by atoms with Crippen LogP contribution in [0.2, 0.25) is 0 Å². The second-order valence-corrected chi connectivity index (χ2v) is 4.98. The first-order valence-electron chi connectivity index (χ1n) is 6.93. The van der Waals surface area contributed by atoms with E-state index >= 15 is 0 Å². The quantitative estimate of drug-likeness (QED) is 0.787. The minimum absolute atomic E-state index is 0.761. The zero-order chi connectivity index (χ0) is 12.8. The van der Waals surface area contributed by atoms with Crippen molar-refractivity contribution < 1.29 is 4.74 Å². The summed E-state index contributed by atoms with van der Waals surface area (Å²) in [5.74, 6) is 1.53. The summed E-state index contributed by atoms with van der Waals surface area (Å²) in [7, 11) is 0. The molecule has 18 heavy (non-hydrogen) atoms. The van der Waals surface area contributed by atoms with Crippen LogP contribution >= 0.6 is 0 Å². The molecule has 4 nitrogen and oxygen atoms in total. The number of anilines is 1. The molecule has 1 N–H and O–H groups in total. The van der Waals surface area contributed by atoms with Gasteiger partial charge in [-0.1, -0.05) is 6.92 Å². The molecule has 1 aromatic rings. The normalized spacial score (nSPS) is 19.1. The van der Waals surface area contributed by atoms with Gasteiger partial charge in [-0.25, -0.2) is 9.97 Å². The van der Waals surface area contributed by atoms with Crippen LogP contribution in [-0.2, 0) is 11.2 Å². The van der Waals surface area contributed by atoms with Gasteiger partial charge >= 0.3 is 0 Å². The molecule has 0 unspecified atom stereocenters. The van der Waals surface area contributed by atoms with Gasteiger partial charge in [0, 0.05) is 31.6 Å². The Kier molecular flexibility index (Phi) is 4.93. The molecular formula is C14H23N3O. The highest BCUT2D eigenvalue weighted by Crippen LogP contribution is 2.17. The molecule has 1 fully saturated rings. The Labute approximate surface area is 109 Å². The van der Waals surface area contributed by atoms with Crippen LogP contribution in [0.4, 0.5) is 5.95 Å². The molecule has 0 amide bonds. The van der Waals surface area contributed by atoms with Crippen molar-refractivity contribution in [2.75, 3.05) is 25.1 Å². The molecule has 1 saturated heterocycles. The summed E-state index contributed by atoms with van der Waals surface area (Å²) in [6.07, 6.45) is 6.48. The van der Waals surface area contributed by atoms with Crippen LogP contribution < -0.4 is 5.32 Å². The average molecular weight is 249 g/mol. The summed E-state index contributed by atoms with van der Waals surface area (Å²) in [6.45, 7) is 7.02. The standard InChI is InChI=1S/C14H23N3O/c1-3-13-11(2)9-16-14(17-13)15-7-4-5-12-6-8-18-10-12/h9,12H,3-8,10H2,1-2H3,(H,15,16,17)/t12-/m0/s1. The molecule has 2 heterocycles. The van der Waals surface area contributed by atoms with Gasteiger partial charge in [0.1, 0.15) is 0 Å². The minimum Gasteiger partial charge on any atom is -0.381 e. The molecule has 100 valence electrons. The molecule has 0 aromatic carbocycles. The van der Waals surface area contributed by atoms with Gasteiger partial charge in [0.2, 0.25) is 5.95 Å². The number of nitrogens with one attached hydrogen (secondary N) is 1. The monoisotopic (exact) mass is 249 g/mol. The maximum absolute atomic E-state index is 5.37. The van der Waals surface area contributed by atoms with Gasteiger partial charge in [-0.15, -0.1) is 0 Å². The van der Waals surface area contributed by atoms with Crippen LogP contribution in [0.3, 0.4) is 0 Å². The van der Waals surface area contributed by atoms with Crippen LogP contribution in [0.25, 0.3) is 0 Å². The van der Waals surface area contributed by atoms with Gasteiger partial charge in [-0.2, -0.15) is 0 Å². The largest absolute Gasteiger partial charge is 0.381 e. The average Bonchev–Trinajstić information content (AvgIpc) is 2.89. The van der Waals surface area contributed by atoms with Gasteiger partial charge in [0.25, 0.3) is 0 Å². The van der Waals surface area contributed by atoms with E-state index in [-0.39, 0.29) is 0 Å². The van der Waals surface area contributed by atoms with E-state index in [1.54, 1.807) is 0 Å². The van der Waals surface area contributed by atoms with E-state index in [9.17, 15) is 0 Å². The lowest BCUT2D eigenvalue weighted by molar-refractivity contribution is 0.184. The van der Waals surface area contributed by atoms with Crippen molar-refractivity contribution in [2.24, 2.45) is 5.92 Å². The van der Waals surface area contributed by atoms with Gasteiger partial charge in [-0.05, 0) is 44.1 Å². The molecule has 1 atom stereocenters. The number of ether oxygens (including phenoxy) is 1. The van der Waals surface area contributed by atoms with Crippen molar-refractivity contribution in [3.05, 3.63) is 17.5 Å². The van der Waals surface area contributed by atoms with Crippen LogP contribution in [-0.4, -0.2) is 29.7 Å². The summed E-state index contributed by atoms with van der Waals surface area (Å²) >= 11 is 0. The van der Waals surface area contributed by atoms with Crippen LogP contribution in [0.5, 0.6) is 0 Å². The lowest BCUT2D eigenvalue weighted by Gasteiger charge is -2.09. The topological polar surface area (TPSA) is 47.0 Å². The molecule has 0 radical (unpaired) electrons. The van der Waals surface area contributed by atoms with Crippen molar-refractivity contribution in [2.45, 2.75) is 39.5 Å². The summed E-state index contributed by atoms with van der Waals surface area (Å²) in [4.78, 5) is 8.82. The first-order valence-corrected chi connectivity index (χ1v) is 6.93. The zero-order valence-corrected chi connectivity index (χ0v) is 11.4. The number of rotatable bonds is 6. The number of aromatic nitrogens is 2. The summed E-state index contributed by atoms with van der Waals surface area (Å²) < 4.78 is 5.37. The predicted molar refractivity (Wildman–Crippen MR) is 72.8 cm³/mol. The fourth-order valence-corrected chi connectivity index (χ4v) is 2.32. The molecule has 0 aliphatic carbocycles. The number of hydrogen-bond donors (Lipinski definition) is 1. The smallest absolute Gasteiger partial charge is 0.222 e. The van der Waals surface area contributed by atoms with E-state index in [4.69, 9.17) is 4.74 Å². The Morgan fingerprint density at radius 1 is 1.50 bits per heavy atom. The third-order valence-corrected chi connectivity index (χ3v) is 3.51. The van der Waals surface area contributed by atoms with E-state index in [0.29, 0.717) is 0 Å². The minimum atomic E-state index is 0.761. The predicted octanol–water partition coefficient (Wildman–Crippen LogP) is 2.58. The summed E-state index contributed by atoms with van der Waals surface area (Å²) in [5, 5.41) is 3.31. The number of hydrogen-bond acceptors (Lipinski definition) is 4. The first kappa shape index (κ1) is 13.3. The highest BCUT2D eigenvalue weighted by atomic mass is 16.5.